The van der Waals surface area contributed by atoms with Gasteiger partial charge in [0.05, 0.1) is 16.4 Å². The summed E-state index contributed by atoms with van der Waals surface area (Å²) in [5.41, 5.74) is 10.8. The first-order valence-corrected chi connectivity index (χ1v) is 15.4. The smallest absolute Gasteiger partial charge is 0.145 e. The molecule has 0 saturated heterocycles. The van der Waals surface area contributed by atoms with Gasteiger partial charge in [-0.15, -0.1) is 0 Å². The molecule has 2 saturated carbocycles. The molecule has 0 spiro atoms. The van der Waals surface area contributed by atoms with Gasteiger partial charge in [-0.25, -0.2) is 15.0 Å². The highest BCUT2D eigenvalue weighted by atomic mass is 15.2. The van der Waals surface area contributed by atoms with Gasteiger partial charge in [-0.1, -0.05) is 54.0 Å². The Labute approximate surface area is 240 Å². The van der Waals surface area contributed by atoms with Crippen molar-refractivity contribution in [2.24, 2.45) is 11.8 Å². The lowest BCUT2D eigenvalue weighted by Crippen LogP contribution is -2.44. The number of nitrogen functional groups attached to an aromatic ring is 1. The first kappa shape index (κ1) is 28.6. The summed E-state index contributed by atoms with van der Waals surface area (Å²) in [5.74, 6) is 3.22. The Balaban J connectivity index is 0.000000184. The molecule has 7 nitrogen and oxygen atoms in total. The van der Waals surface area contributed by atoms with Crippen LogP contribution < -0.4 is 5.73 Å². The molecule has 0 bridgehead atoms. The predicted molar refractivity (Wildman–Crippen MR) is 167 cm³/mol. The number of rotatable bonds is 7. The molecule has 7 heteroatoms. The number of hydrogen-bond donors (Lipinski definition) is 2. The Morgan fingerprint density at radius 3 is 2.58 bits per heavy atom. The molecule has 0 radical (unpaired) electrons. The summed E-state index contributed by atoms with van der Waals surface area (Å²) in [5, 5.41) is 0.988. The van der Waals surface area contributed by atoms with Crippen molar-refractivity contribution in [1.29, 1.82) is 0 Å². The molecule has 0 amide bonds. The van der Waals surface area contributed by atoms with Crippen molar-refractivity contribution < 1.29 is 0 Å². The number of nitrogens with zero attached hydrogens (tertiary/aromatic N) is 5. The second-order valence-corrected chi connectivity index (χ2v) is 13.5. The molecule has 3 N–H and O–H groups in total. The largest absolute Gasteiger partial charge is 0.383 e. The average molecular weight is 544 g/mol. The maximum atomic E-state index is 5.99. The summed E-state index contributed by atoms with van der Waals surface area (Å²) in [4.78, 5) is 19.2. The fourth-order valence-corrected chi connectivity index (χ4v) is 6.37. The van der Waals surface area contributed by atoms with E-state index in [2.05, 4.69) is 101 Å². The van der Waals surface area contributed by atoms with Crippen LogP contribution in [0.1, 0.15) is 97.5 Å². The van der Waals surface area contributed by atoms with Crippen LogP contribution in [0.15, 0.2) is 36.8 Å². The Bertz CT molecular complexity index is 1410. The van der Waals surface area contributed by atoms with E-state index < -0.39 is 0 Å². The van der Waals surface area contributed by atoms with E-state index in [1.807, 2.05) is 0 Å². The Morgan fingerprint density at radius 2 is 1.90 bits per heavy atom. The zero-order valence-electron chi connectivity index (χ0n) is 25.5. The number of imidazole rings is 1. The van der Waals surface area contributed by atoms with Crippen molar-refractivity contribution in [2.45, 2.75) is 104 Å². The van der Waals surface area contributed by atoms with Gasteiger partial charge >= 0.3 is 0 Å². The molecule has 4 aromatic rings. The minimum Gasteiger partial charge on any atom is -0.383 e. The van der Waals surface area contributed by atoms with Gasteiger partial charge in [-0.3, -0.25) is 4.90 Å². The van der Waals surface area contributed by atoms with Crippen LogP contribution in [-0.4, -0.2) is 48.5 Å². The molecule has 6 rings (SSSR count). The Hall–Kier alpha value is -2.93. The van der Waals surface area contributed by atoms with Gasteiger partial charge in [-0.2, -0.15) is 0 Å². The molecular formula is C33H49N7. The number of nitrogens with one attached hydrogen (secondary N) is 1. The first-order chi connectivity index (χ1) is 19.1. The maximum absolute atomic E-state index is 5.99. The van der Waals surface area contributed by atoms with Gasteiger partial charge < -0.3 is 15.3 Å². The standard InChI is InChI=1S/C20H31N5.C13H18N2/c1-14(2)11-24(16-4-3-5-16)12-15-6-7-17(10-15)25-9-8-18-19(21)22-13-23-20(18)25;1-5-12-14-10-7-6-9(13(2,3)4)8-11(10)15-12/h8-9,13-17H,3-7,10-12H2,1-2H3,(H2,21,22,23);6-8H,5H2,1-4H3,(H,14,15). The van der Waals surface area contributed by atoms with E-state index in [9.17, 15) is 0 Å². The molecule has 216 valence electrons. The van der Waals surface area contributed by atoms with E-state index in [1.54, 1.807) is 6.33 Å². The van der Waals surface area contributed by atoms with Crippen molar-refractivity contribution in [2.75, 3.05) is 18.8 Å². The van der Waals surface area contributed by atoms with Gasteiger partial charge in [0.2, 0.25) is 0 Å². The summed E-state index contributed by atoms with van der Waals surface area (Å²) in [7, 11) is 0. The van der Waals surface area contributed by atoms with Crippen molar-refractivity contribution >= 4 is 27.9 Å². The number of aryl methyl sites for hydroxylation is 1. The van der Waals surface area contributed by atoms with E-state index in [-0.39, 0.29) is 5.41 Å². The van der Waals surface area contributed by atoms with Gasteiger partial charge in [-0.05, 0) is 73.1 Å². The van der Waals surface area contributed by atoms with Crippen LogP contribution in [0.2, 0.25) is 0 Å². The summed E-state index contributed by atoms with van der Waals surface area (Å²) in [6.45, 7) is 16.0. The molecule has 0 aliphatic heterocycles. The molecule has 2 aliphatic carbocycles. The zero-order valence-corrected chi connectivity index (χ0v) is 25.5. The molecule has 3 aromatic heterocycles. The molecular weight excluding hydrogens is 494 g/mol. The molecule has 3 heterocycles. The lowest BCUT2D eigenvalue weighted by atomic mass is 9.87. The molecule has 2 aliphatic rings. The maximum Gasteiger partial charge on any atom is 0.145 e. The van der Waals surface area contributed by atoms with Crippen molar-refractivity contribution in [3.63, 3.8) is 0 Å². The molecule has 40 heavy (non-hydrogen) atoms. The van der Waals surface area contributed by atoms with Crippen molar-refractivity contribution in [1.82, 2.24) is 29.4 Å². The van der Waals surface area contributed by atoms with Gasteiger partial charge in [0, 0.05) is 37.8 Å². The third kappa shape index (κ3) is 6.35. The molecule has 1 aromatic carbocycles. The molecule has 2 atom stereocenters. The number of anilines is 1. The lowest BCUT2D eigenvalue weighted by Gasteiger charge is -2.40. The highest BCUT2D eigenvalue weighted by molar-refractivity contribution is 5.86. The predicted octanol–water partition coefficient (Wildman–Crippen LogP) is 7.29. The van der Waals surface area contributed by atoms with Crippen LogP contribution in [-0.2, 0) is 11.8 Å². The minimum atomic E-state index is 0.200. The fourth-order valence-electron chi connectivity index (χ4n) is 6.37. The van der Waals surface area contributed by atoms with E-state index in [0.29, 0.717) is 11.9 Å². The first-order valence-electron chi connectivity index (χ1n) is 15.4. The van der Waals surface area contributed by atoms with Crippen LogP contribution in [0.25, 0.3) is 22.1 Å². The molecule has 2 fully saturated rings. The summed E-state index contributed by atoms with van der Waals surface area (Å²) < 4.78 is 2.34. The minimum absolute atomic E-state index is 0.200. The number of aromatic amines is 1. The number of fused-ring (bicyclic) bond motifs is 2. The summed E-state index contributed by atoms with van der Waals surface area (Å²) in [6.07, 6.45) is 12.8. The summed E-state index contributed by atoms with van der Waals surface area (Å²) >= 11 is 0. The number of H-pyrrole nitrogens is 1. The second-order valence-electron chi connectivity index (χ2n) is 13.5. The van der Waals surface area contributed by atoms with E-state index >= 15 is 0 Å². The number of hydrogen-bond acceptors (Lipinski definition) is 5. The second kappa shape index (κ2) is 11.9. The quantitative estimate of drug-likeness (QED) is 0.255. The number of aromatic nitrogens is 5. The van der Waals surface area contributed by atoms with Crippen LogP contribution >= 0.6 is 0 Å². The number of nitrogens with two attached hydrogens (primary N) is 1. The Kier molecular flexibility index (Phi) is 8.50. The third-order valence-electron chi connectivity index (χ3n) is 8.86. The van der Waals surface area contributed by atoms with Crippen LogP contribution in [0.3, 0.4) is 0 Å². The van der Waals surface area contributed by atoms with E-state index in [0.717, 1.165) is 52.2 Å². The average Bonchev–Trinajstić information content (AvgIpc) is 3.60. The third-order valence-corrected chi connectivity index (χ3v) is 8.86. The molecule has 2 unspecified atom stereocenters. The van der Waals surface area contributed by atoms with Crippen molar-refractivity contribution in [3.8, 4) is 0 Å². The zero-order chi connectivity index (χ0) is 28.4. The normalized spacial score (nSPS) is 19.9. The fraction of sp³-hybridized carbons (Fsp3) is 0.606. The monoisotopic (exact) mass is 543 g/mol. The van der Waals surface area contributed by atoms with Crippen molar-refractivity contribution in [3.05, 3.63) is 48.2 Å². The van der Waals surface area contributed by atoms with Gasteiger partial charge in [0.1, 0.15) is 23.6 Å². The van der Waals surface area contributed by atoms with E-state index in [1.165, 1.54) is 57.2 Å². The SMILES string of the molecule is CC(C)CN(CC1CCC(n2ccc3c(N)ncnc32)C1)C1CCC1.CCc1nc2ccc(C(C)(C)C)cc2[nH]1. The highest BCUT2D eigenvalue weighted by Crippen LogP contribution is 2.38. The van der Waals surface area contributed by atoms with Crippen LogP contribution in [0, 0.1) is 11.8 Å². The van der Waals surface area contributed by atoms with Gasteiger partial charge in [0.15, 0.2) is 0 Å². The topological polar surface area (TPSA) is 88.7 Å². The highest BCUT2D eigenvalue weighted by Gasteiger charge is 2.32. The number of benzene rings is 1. The van der Waals surface area contributed by atoms with Gasteiger partial charge in [0.25, 0.3) is 0 Å². The van der Waals surface area contributed by atoms with Crippen LogP contribution in [0.5, 0.6) is 0 Å². The van der Waals surface area contributed by atoms with Crippen LogP contribution in [0.4, 0.5) is 5.82 Å². The Morgan fingerprint density at radius 1 is 1.10 bits per heavy atom. The summed E-state index contributed by atoms with van der Waals surface area (Å²) in [6, 6.07) is 9.95. The van der Waals surface area contributed by atoms with E-state index in [4.69, 9.17) is 5.73 Å². The lowest BCUT2D eigenvalue weighted by molar-refractivity contribution is 0.0943.